The number of allylic oxidation sites excluding steroid dienone is 1. The topological polar surface area (TPSA) is 0 Å². The van der Waals surface area contributed by atoms with E-state index in [2.05, 4.69) is 12.2 Å². The number of hydrogen-bond donors (Lipinski definition) is 0. The van der Waals surface area contributed by atoms with Gasteiger partial charge in [0.25, 0.3) is 0 Å². The predicted molar refractivity (Wildman–Crippen MR) is 31.1 cm³/mol. The van der Waals surface area contributed by atoms with Gasteiger partial charge in [0.1, 0.15) is 0 Å². The van der Waals surface area contributed by atoms with Crippen molar-refractivity contribution in [2.45, 2.75) is 6.42 Å². The maximum Gasteiger partial charge on any atom is 0.0113 e. The third-order valence-corrected chi connectivity index (χ3v) is 1.76. The van der Waals surface area contributed by atoms with Crippen molar-refractivity contribution < 1.29 is 0 Å². The molecule has 0 N–H and O–H groups in total. The molecule has 1 rings (SSSR count). The Labute approximate surface area is 42.6 Å². The van der Waals surface area contributed by atoms with E-state index in [0.717, 1.165) is 0 Å². The number of hydrogen-bond acceptors (Lipinski definition) is 1. The maximum absolute atomic E-state index is 2.25. The molecule has 0 unspecified atom stereocenters. The van der Waals surface area contributed by atoms with Crippen LogP contribution in [-0.4, -0.2) is 11.5 Å². The van der Waals surface area contributed by atoms with Crippen molar-refractivity contribution in [2.24, 2.45) is 0 Å². The Hall–Kier alpha value is 0.0900. The molecule has 1 aliphatic heterocycles. The highest BCUT2D eigenvalue weighted by Crippen LogP contribution is 2.07. The Morgan fingerprint density at radius 1 is 1.33 bits per heavy atom. The Morgan fingerprint density at radius 2 is 2.33 bits per heavy atom. The Morgan fingerprint density at radius 3 is 2.50 bits per heavy atom. The van der Waals surface area contributed by atoms with E-state index in [-0.39, 0.29) is 0 Å². The van der Waals surface area contributed by atoms with Crippen LogP contribution in [0.4, 0.5) is 0 Å². The van der Waals surface area contributed by atoms with E-state index in [9.17, 15) is 0 Å². The first kappa shape index (κ1) is 4.25. The second kappa shape index (κ2) is 2.30. The van der Waals surface area contributed by atoms with Gasteiger partial charge in [0.2, 0.25) is 0 Å². The summed E-state index contributed by atoms with van der Waals surface area (Å²) in [5, 5.41) is 0. The van der Waals surface area contributed by atoms with E-state index in [4.69, 9.17) is 0 Å². The fraction of sp³-hybridized carbons (Fsp3) is 0.600. The van der Waals surface area contributed by atoms with Crippen LogP contribution in [0.5, 0.6) is 0 Å². The fourth-order valence-electron chi connectivity index (χ4n) is 0.489. The van der Waals surface area contributed by atoms with Gasteiger partial charge >= 0.3 is 0 Å². The second-order valence-corrected chi connectivity index (χ2v) is 2.48. The van der Waals surface area contributed by atoms with E-state index in [1.54, 1.807) is 0 Å². The first-order valence-corrected chi connectivity index (χ1v) is 3.38. The molecule has 0 nitrogen and oxygen atoms in total. The molecule has 34 valence electrons. The van der Waals surface area contributed by atoms with Gasteiger partial charge < -0.3 is 0 Å². The predicted octanol–water partition coefficient (Wildman–Crippen LogP) is 1.68. The summed E-state index contributed by atoms with van der Waals surface area (Å²) >= 11 is 2.01. The molecular formula is C5H8S. The summed E-state index contributed by atoms with van der Waals surface area (Å²) in [5.41, 5.74) is 0. The average Bonchev–Trinajstić information content (AvgIpc) is 1.72. The van der Waals surface area contributed by atoms with Gasteiger partial charge in [0.05, 0.1) is 0 Å². The summed E-state index contributed by atoms with van der Waals surface area (Å²) in [6.45, 7) is 0. The van der Waals surface area contributed by atoms with Crippen LogP contribution in [-0.2, 0) is 0 Å². The van der Waals surface area contributed by atoms with Crippen LogP contribution in [0.15, 0.2) is 12.2 Å². The van der Waals surface area contributed by atoms with E-state index < -0.39 is 0 Å². The average molecular weight is 100 g/mol. The van der Waals surface area contributed by atoms with Gasteiger partial charge in [-0.3, -0.25) is 0 Å². The Balaban J connectivity index is 2.26. The molecule has 0 aromatic rings. The molecular weight excluding hydrogens is 92.1 g/mol. The van der Waals surface area contributed by atoms with Crippen LogP contribution in [0.3, 0.4) is 0 Å². The number of rotatable bonds is 0. The van der Waals surface area contributed by atoms with Crippen LogP contribution >= 0.6 is 11.8 Å². The minimum atomic E-state index is 1.24. The summed E-state index contributed by atoms with van der Waals surface area (Å²) < 4.78 is 0. The molecule has 0 saturated carbocycles. The van der Waals surface area contributed by atoms with Gasteiger partial charge in [0, 0.05) is 5.75 Å². The van der Waals surface area contributed by atoms with Gasteiger partial charge in [-0.1, -0.05) is 12.2 Å². The lowest BCUT2D eigenvalue weighted by Crippen LogP contribution is -1.83. The molecule has 0 aromatic heterocycles. The smallest absolute Gasteiger partial charge is 0.0113 e. The zero-order valence-corrected chi connectivity index (χ0v) is 4.50. The highest BCUT2D eigenvalue weighted by Gasteiger charge is 1.87. The minimum Gasteiger partial charge on any atom is -0.158 e. The first-order chi connectivity index (χ1) is 3.00. The lowest BCUT2D eigenvalue weighted by Gasteiger charge is -1.97. The van der Waals surface area contributed by atoms with Crippen molar-refractivity contribution in [1.82, 2.24) is 0 Å². The maximum atomic E-state index is 2.25. The van der Waals surface area contributed by atoms with Crippen molar-refractivity contribution >= 4 is 11.8 Å². The monoisotopic (exact) mass is 100 g/mol. The highest BCUT2D eigenvalue weighted by atomic mass is 32.2. The van der Waals surface area contributed by atoms with Crippen LogP contribution in [0.1, 0.15) is 6.42 Å². The second-order valence-electron chi connectivity index (χ2n) is 1.33. The molecule has 0 spiro atoms. The van der Waals surface area contributed by atoms with E-state index in [1.807, 2.05) is 11.8 Å². The Kier molecular flexibility index (Phi) is 1.63. The zero-order chi connectivity index (χ0) is 4.24. The van der Waals surface area contributed by atoms with Crippen molar-refractivity contribution in [2.75, 3.05) is 11.5 Å². The third-order valence-electron chi connectivity index (χ3n) is 0.810. The molecule has 0 fully saturated rings. The van der Waals surface area contributed by atoms with Gasteiger partial charge in [-0.05, 0) is 12.2 Å². The molecule has 6 heavy (non-hydrogen) atoms. The van der Waals surface area contributed by atoms with Crippen molar-refractivity contribution in [3.63, 3.8) is 0 Å². The molecule has 1 heteroatoms. The van der Waals surface area contributed by atoms with Crippen LogP contribution in [0, 0.1) is 0 Å². The first-order valence-electron chi connectivity index (χ1n) is 2.23. The third kappa shape index (κ3) is 1.05. The minimum absolute atomic E-state index is 1.24. The zero-order valence-electron chi connectivity index (χ0n) is 3.68. The molecule has 1 heterocycles. The van der Waals surface area contributed by atoms with Crippen LogP contribution in [0.2, 0.25) is 0 Å². The largest absolute Gasteiger partial charge is 0.158 e. The molecule has 0 bridgehead atoms. The molecule has 0 aromatic carbocycles. The normalized spacial score (nSPS) is 21.3. The molecule has 0 amide bonds. The van der Waals surface area contributed by atoms with Crippen molar-refractivity contribution in [3.05, 3.63) is 12.2 Å². The SMILES string of the molecule is C1=CCSCC1. The molecule has 0 radical (unpaired) electrons. The molecule has 0 aliphatic carbocycles. The van der Waals surface area contributed by atoms with Gasteiger partial charge in [-0.15, -0.1) is 0 Å². The molecule has 0 atom stereocenters. The Bertz CT molecular complexity index is 49.0. The summed E-state index contributed by atoms with van der Waals surface area (Å²) in [6, 6.07) is 0. The fourth-order valence-corrected chi connectivity index (χ4v) is 1.23. The van der Waals surface area contributed by atoms with E-state index >= 15 is 0 Å². The standard InChI is InChI=1S/C5H8S/c1-2-4-6-5-3-1/h1-2H,3-5H2. The van der Waals surface area contributed by atoms with Crippen molar-refractivity contribution in [3.8, 4) is 0 Å². The van der Waals surface area contributed by atoms with Gasteiger partial charge in [-0.2, -0.15) is 11.8 Å². The number of thioether (sulfide) groups is 1. The summed E-state index contributed by atoms with van der Waals surface area (Å²) in [5.74, 6) is 2.57. The van der Waals surface area contributed by atoms with Gasteiger partial charge in [-0.25, -0.2) is 0 Å². The lowest BCUT2D eigenvalue weighted by atomic mass is 10.4. The quantitative estimate of drug-likeness (QED) is 0.417. The van der Waals surface area contributed by atoms with Crippen LogP contribution in [0.25, 0.3) is 0 Å². The summed E-state index contributed by atoms with van der Waals surface area (Å²) in [4.78, 5) is 0. The van der Waals surface area contributed by atoms with Crippen LogP contribution < -0.4 is 0 Å². The molecule has 0 saturated heterocycles. The highest BCUT2D eigenvalue weighted by molar-refractivity contribution is 7.99. The summed E-state index contributed by atoms with van der Waals surface area (Å²) in [6.07, 6.45) is 5.76. The summed E-state index contributed by atoms with van der Waals surface area (Å²) in [7, 11) is 0. The lowest BCUT2D eigenvalue weighted by molar-refractivity contribution is 1.22. The van der Waals surface area contributed by atoms with Gasteiger partial charge in [0.15, 0.2) is 0 Å². The van der Waals surface area contributed by atoms with Crippen molar-refractivity contribution in [1.29, 1.82) is 0 Å². The molecule has 1 aliphatic rings. The van der Waals surface area contributed by atoms with E-state index in [0.29, 0.717) is 0 Å². The van der Waals surface area contributed by atoms with E-state index in [1.165, 1.54) is 17.9 Å².